The quantitative estimate of drug-likeness (QED) is 0.621. The van der Waals surface area contributed by atoms with Crippen molar-refractivity contribution >= 4 is 0 Å². The second-order valence-corrected chi connectivity index (χ2v) is 4.10. The number of likely N-dealkylation sites (tertiary alicyclic amines) is 1. The highest BCUT2D eigenvalue weighted by Crippen LogP contribution is 2.20. The predicted octanol–water partition coefficient (Wildman–Crippen LogP) is -0.140. The highest BCUT2D eigenvalue weighted by molar-refractivity contribution is 4.84. The lowest BCUT2D eigenvalue weighted by Gasteiger charge is -2.24. The Bertz CT molecular complexity index is 138. The fraction of sp³-hybridized carbons (Fsp3) is 1.00. The van der Waals surface area contributed by atoms with Crippen LogP contribution in [0.2, 0.25) is 0 Å². The largest absolute Gasteiger partial charge is 0.330 e. The van der Waals surface area contributed by atoms with Gasteiger partial charge in [0.05, 0.1) is 0 Å². The van der Waals surface area contributed by atoms with E-state index < -0.39 is 0 Å². The SMILES string of the molecule is CC(CN)C(N)C1CCN(C)C1. The molecule has 0 spiro atoms. The standard InChI is InChI=1S/C9H21N3/c1-7(5-10)9(11)8-3-4-12(2)6-8/h7-9H,3-6,10-11H2,1-2H3. The molecule has 4 N–H and O–H groups in total. The van der Waals surface area contributed by atoms with Crippen molar-refractivity contribution in [3.8, 4) is 0 Å². The molecule has 0 aliphatic carbocycles. The third-order valence-corrected chi connectivity index (χ3v) is 3.00. The fourth-order valence-electron chi connectivity index (χ4n) is 1.91. The maximum absolute atomic E-state index is 6.09. The smallest absolute Gasteiger partial charge is 0.0118 e. The molecule has 3 nitrogen and oxygen atoms in total. The Labute approximate surface area is 75.1 Å². The van der Waals surface area contributed by atoms with Gasteiger partial charge < -0.3 is 16.4 Å². The molecule has 1 aliphatic rings. The van der Waals surface area contributed by atoms with Gasteiger partial charge in [0.2, 0.25) is 0 Å². The summed E-state index contributed by atoms with van der Waals surface area (Å²) in [6, 6.07) is 0.292. The molecular weight excluding hydrogens is 150 g/mol. The summed E-state index contributed by atoms with van der Waals surface area (Å²) >= 11 is 0. The van der Waals surface area contributed by atoms with Gasteiger partial charge in [-0.1, -0.05) is 6.92 Å². The second-order valence-electron chi connectivity index (χ2n) is 4.10. The van der Waals surface area contributed by atoms with Crippen LogP contribution in [-0.4, -0.2) is 37.6 Å². The van der Waals surface area contributed by atoms with Crippen molar-refractivity contribution in [3.05, 3.63) is 0 Å². The fourth-order valence-corrected chi connectivity index (χ4v) is 1.91. The molecule has 0 bridgehead atoms. The average Bonchev–Trinajstić information content (AvgIpc) is 2.49. The van der Waals surface area contributed by atoms with Crippen LogP contribution in [0.25, 0.3) is 0 Å². The van der Waals surface area contributed by atoms with Gasteiger partial charge in [-0.3, -0.25) is 0 Å². The zero-order valence-corrected chi connectivity index (χ0v) is 8.16. The minimum Gasteiger partial charge on any atom is -0.330 e. The van der Waals surface area contributed by atoms with Crippen molar-refractivity contribution in [2.75, 3.05) is 26.7 Å². The van der Waals surface area contributed by atoms with Crippen LogP contribution in [0.1, 0.15) is 13.3 Å². The number of nitrogens with two attached hydrogens (primary N) is 2. The van der Waals surface area contributed by atoms with Gasteiger partial charge in [-0.05, 0) is 38.4 Å². The first kappa shape index (κ1) is 9.96. The lowest BCUT2D eigenvalue weighted by atomic mass is 9.89. The molecule has 3 atom stereocenters. The molecule has 0 radical (unpaired) electrons. The molecule has 72 valence electrons. The Kier molecular flexibility index (Phi) is 3.50. The summed E-state index contributed by atoms with van der Waals surface area (Å²) in [5.74, 6) is 1.12. The van der Waals surface area contributed by atoms with Crippen LogP contribution in [0.5, 0.6) is 0 Å². The summed E-state index contributed by atoms with van der Waals surface area (Å²) in [4.78, 5) is 2.34. The molecule has 0 amide bonds. The monoisotopic (exact) mass is 171 g/mol. The first-order valence-electron chi connectivity index (χ1n) is 4.79. The van der Waals surface area contributed by atoms with E-state index in [1.54, 1.807) is 0 Å². The van der Waals surface area contributed by atoms with E-state index in [0.29, 0.717) is 24.4 Å². The number of nitrogens with zero attached hydrogens (tertiary/aromatic N) is 1. The Hall–Kier alpha value is -0.120. The molecule has 1 heterocycles. The lowest BCUT2D eigenvalue weighted by Crippen LogP contribution is -2.40. The molecule has 0 aromatic heterocycles. The second kappa shape index (κ2) is 4.21. The lowest BCUT2D eigenvalue weighted by molar-refractivity contribution is 0.318. The normalized spacial score (nSPS) is 30.5. The van der Waals surface area contributed by atoms with Gasteiger partial charge >= 0.3 is 0 Å². The van der Waals surface area contributed by atoms with Crippen molar-refractivity contribution in [2.45, 2.75) is 19.4 Å². The first-order chi connectivity index (χ1) is 5.65. The van der Waals surface area contributed by atoms with Gasteiger partial charge in [-0.15, -0.1) is 0 Å². The van der Waals surface area contributed by atoms with E-state index in [1.165, 1.54) is 13.0 Å². The predicted molar refractivity (Wildman–Crippen MR) is 51.8 cm³/mol. The number of rotatable bonds is 3. The summed E-state index contributed by atoms with van der Waals surface area (Å²) in [7, 11) is 2.15. The van der Waals surface area contributed by atoms with Crippen LogP contribution in [0.4, 0.5) is 0 Å². The zero-order valence-electron chi connectivity index (χ0n) is 8.16. The third-order valence-electron chi connectivity index (χ3n) is 3.00. The summed E-state index contributed by atoms with van der Waals surface area (Å²) < 4.78 is 0. The highest BCUT2D eigenvalue weighted by Gasteiger charge is 2.27. The number of hydrogen-bond acceptors (Lipinski definition) is 3. The third kappa shape index (κ3) is 2.19. The van der Waals surface area contributed by atoms with E-state index in [2.05, 4.69) is 18.9 Å². The maximum atomic E-state index is 6.09. The molecular formula is C9H21N3. The van der Waals surface area contributed by atoms with Crippen LogP contribution in [0.3, 0.4) is 0 Å². The van der Waals surface area contributed by atoms with Gasteiger partial charge in [0, 0.05) is 12.6 Å². The van der Waals surface area contributed by atoms with Crippen molar-refractivity contribution in [1.82, 2.24) is 4.90 Å². The van der Waals surface area contributed by atoms with Crippen molar-refractivity contribution in [1.29, 1.82) is 0 Å². The minimum atomic E-state index is 0.292. The average molecular weight is 171 g/mol. The summed E-state index contributed by atoms with van der Waals surface area (Å²) in [5, 5.41) is 0. The molecule has 1 rings (SSSR count). The van der Waals surface area contributed by atoms with E-state index in [4.69, 9.17) is 11.5 Å². The van der Waals surface area contributed by atoms with E-state index >= 15 is 0 Å². The summed E-state index contributed by atoms with van der Waals surface area (Å²) in [6.07, 6.45) is 1.24. The van der Waals surface area contributed by atoms with Crippen molar-refractivity contribution in [2.24, 2.45) is 23.3 Å². The van der Waals surface area contributed by atoms with Crippen LogP contribution in [0.15, 0.2) is 0 Å². The molecule has 0 aromatic rings. The van der Waals surface area contributed by atoms with E-state index in [0.717, 1.165) is 6.54 Å². The highest BCUT2D eigenvalue weighted by atomic mass is 15.1. The molecule has 3 heteroatoms. The first-order valence-corrected chi connectivity index (χ1v) is 4.79. The Morgan fingerprint density at radius 1 is 1.58 bits per heavy atom. The van der Waals surface area contributed by atoms with Gasteiger partial charge in [-0.2, -0.15) is 0 Å². The molecule has 0 saturated carbocycles. The zero-order chi connectivity index (χ0) is 9.14. The molecule has 3 unspecified atom stereocenters. The minimum absolute atomic E-state index is 0.292. The van der Waals surface area contributed by atoms with Crippen LogP contribution in [0, 0.1) is 11.8 Å². The molecule has 1 fully saturated rings. The maximum Gasteiger partial charge on any atom is 0.0118 e. The topological polar surface area (TPSA) is 55.3 Å². The summed E-state index contributed by atoms with van der Waals surface area (Å²) in [6.45, 7) is 5.19. The van der Waals surface area contributed by atoms with E-state index in [1.807, 2.05) is 0 Å². The van der Waals surface area contributed by atoms with Gasteiger partial charge in [0.1, 0.15) is 0 Å². The van der Waals surface area contributed by atoms with Crippen molar-refractivity contribution < 1.29 is 0 Å². The van der Waals surface area contributed by atoms with Gasteiger partial charge in [-0.25, -0.2) is 0 Å². The van der Waals surface area contributed by atoms with Crippen LogP contribution < -0.4 is 11.5 Å². The van der Waals surface area contributed by atoms with Gasteiger partial charge in [0.15, 0.2) is 0 Å². The molecule has 0 aromatic carbocycles. The Morgan fingerprint density at radius 2 is 2.25 bits per heavy atom. The molecule has 1 aliphatic heterocycles. The Balaban J connectivity index is 2.37. The van der Waals surface area contributed by atoms with Crippen LogP contribution in [-0.2, 0) is 0 Å². The molecule has 1 saturated heterocycles. The van der Waals surface area contributed by atoms with E-state index in [9.17, 15) is 0 Å². The summed E-state index contributed by atoms with van der Waals surface area (Å²) in [5.41, 5.74) is 11.7. The van der Waals surface area contributed by atoms with Gasteiger partial charge in [0.25, 0.3) is 0 Å². The van der Waals surface area contributed by atoms with E-state index in [-0.39, 0.29) is 0 Å². The molecule has 12 heavy (non-hydrogen) atoms. The van der Waals surface area contributed by atoms with Crippen LogP contribution >= 0.6 is 0 Å². The van der Waals surface area contributed by atoms with Crippen molar-refractivity contribution in [3.63, 3.8) is 0 Å². The number of hydrogen-bond donors (Lipinski definition) is 2. The Morgan fingerprint density at radius 3 is 2.67 bits per heavy atom.